The summed E-state index contributed by atoms with van der Waals surface area (Å²) in [5.74, 6) is -1.43. The van der Waals surface area contributed by atoms with Gasteiger partial charge in [-0.1, -0.05) is 18.2 Å². The third-order valence-corrected chi connectivity index (χ3v) is 5.08. The number of amides is 2. The summed E-state index contributed by atoms with van der Waals surface area (Å²) in [6.07, 6.45) is 2.61. The molecule has 2 atom stereocenters. The Bertz CT molecular complexity index is 859. The summed E-state index contributed by atoms with van der Waals surface area (Å²) in [6, 6.07) is 7.05. The van der Waals surface area contributed by atoms with Crippen LogP contribution < -0.4 is 5.32 Å². The Balaban J connectivity index is 1.81. The van der Waals surface area contributed by atoms with Gasteiger partial charge in [-0.05, 0) is 25.0 Å². The normalized spacial score (nSPS) is 20.9. The minimum atomic E-state index is -0.933. The minimum absolute atomic E-state index is 0.158. The summed E-state index contributed by atoms with van der Waals surface area (Å²) in [7, 11) is 0. The molecule has 0 spiro atoms. The van der Waals surface area contributed by atoms with Crippen LogP contribution in [0.15, 0.2) is 30.5 Å². The summed E-state index contributed by atoms with van der Waals surface area (Å²) in [5.41, 5.74) is 0.973. The molecule has 7 heteroatoms. The Hall–Kier alpha value is -2.83. The van der Waals surface area contributed by atoms with E-state index in [-0.39, 0.29) is 18.4 Å². The highest BCUT2D eigenvalue weighted by Crippen LogP contribution is 2.31. The second-order valence-corrected chi connectivity index (χ2v) is 7.19. The number of carbonyl (C=O) groups is 3. The summed E-state index contributed by atoms with van der Waals surface area (Å²) in [4.78, 5) is 40.7. The van der Waals surface area contributed by atoms with E-state index < -0.39 is 17.4 Å². The fourth-order valence-corrected chi connectivity index (χ4v) is 3.51. The Morgan fingerprint density at radius 2 is 2.08 bits per heavy atom. The number of nitrogens with one attached hydrogen (secondary N) is 2. The Kier molecular flexibility index (Phi) is 4.71. The molecule has 138 valence electrons. The van der Waals surface area contributed by atoms with E-state index in [2.05, 4.69) is 10.3 Å². The van der Waals surface area contributed by atoms with Gasteiger partial charge in [0.25, 0.3) is 0 Å². The molecule has 2 amide bonds. The number of aromatic amines is 1. The quantitative estimate of drug-likeness (QED) is 0.755. The van der Waals surface area contributed by atoms with Crippen LogP contribution in [0.5, 0.6) is 0 Å². The van der Waals surface area contributed by atoms with Crippen molar-refractivity contribution in [2.24, 2.45) is 5.41 Å². The van der Waals surface area contributed by atoms with Gasteiger partial charge in [0, 0.05) is 43.5 Å². The lowest BCUT2D eigenvalue weighted by Gasteiger charge is -2.25. The largest absolute Gasteiger partial charge is 0.481 e. The van der Waals surface area contributed by atoms with Crippen molar-refractivity contribution in [3.8, 4) is 0 Å². The number of benzene rings is 1. The van der Waals surface area contributed by atoms with Gasteiger partial charge in [0.15, 0.2) is 0 Å². The van der Waals surface area contributed by atoms with Gasteiger partial charge in [0.1, 0.15) is 6.04 Å². The number of fused-ring (bicyclic) bond motifs is 1. The first-order chi connectivity index (χ1) is 12.3. The van der Waals surface area contributed by atoms with Crippen LogP contribution in [-0.2, 0) is 20.8 Å². The number of hydrogen-bond donors (Lipinski definition) is 3. The van der Waals surface area contributed by atoms with Gasteiger partial charge in [0.2, 0.25) is 11.8 Å². The highest BCUT2D eigenvalue weighted by molar-refractivity contribution is 5.90. The molecule has 3 N–H and O–H groups in total. The molecule has 2 aromatic rings. The molecule has 1 saturated heterocycles. The molecule has 0 radical (unpaired) electrons. The molecule has 1 aromatic heterocycles. The molecular weight excluding hydrogens is 334 g/mol. The van der Waals surface area contributed by atoms with E-state index in [1.54, 1.807) is 11.8 Å². The predicted octanol–water partition coefficient (Wildman–Crippen LogP) is 1.54. The van der Waals surface area contributed by atoms with Gasteiger partial charge in [-0.25, -0.2) is 0 Å². The summed E-state index contributed by atoms with van der Waals surface area (Å²) >= 11 is 0. The number of H-pyrrole nitrogens is 1. The lowest BCUT2D eigenvalue weighted by Crippen LogP contribution is -2.49. The standard InChI is InChI=1S/C19H23N3O4/c1-12(23)21-16(9-13-10-20-15-6-4-3-5-14(13)15)17(24)22-8-7-19(2,11-22)18(25)26/h3-6,10,16,20H,7-9,11H2,1-2H3,(H,21,23)(H,25,26)/t16-,19+/m1/s1. The van der Waals surface area contributed by atoms with Gasteiger partial charge in [-0.2, -0.15) is 0 Å². The van der Waals surface area contributed by atoms with Crippen LogP contribution in [0.4, 0.5) is 0 Å². The molecule has 1 aliphatic rings. The third kappa shape index (κ3) is 3.42. The Labute approximate surface area is 151 Å². The van der Waals surface area contributed by atoms with Crippen LogP contribution >= 0.6 is 0 Å². The zero-order chi connectivity index (χ0) is 18.9. The number of nitrogens with zero attached hydrogens (tertiary/aromatic N) is 1. The van der Waals surface area contributed by atoms with Crippen molar-refractivity contribution in [1.82, 2.24) is 15.2 Å². The molecule has 7 nitrogen and oxygen atoms in total. The average molecular weight is 357 g/mol. The molecule has 0 bridgehead atoms. The van der Waals surface area contributed by atoms with Gasteiger partial charge < -0.3 is 20.3 Å². The SMILES string of the molecule is CC(=O)N[C@H](Cc1c[nH]c2ccccc12)C(=O)N1CC[C@](C)(C(=O)O)C1. The first-order valence-electron chi connectivity index (χ1n) is 8.64. The van der Waals surface area contributed by atoms with Crippen molar-refractivity contribution in [3.63, 3.8) is 0 Å². The van der Waals surface area contributed by atoms with Crippen molar-refractivity contribution in [3.05, 3.63) is 36.0 Å². The van der Waals surface area contributed by atoms with E-state index in [0.29, 0.717) is 19.4 Å². The molecule has 0 saturated carbocycles. The van der Waals surface area contributed by atoms with Crippen molar-refractivity contribution < 1.29 is 19.5 Å². The predicted molar refractivity (Wildman–Crippen MR) is 96.5 cm³/mol. The van der Waals surface area contributed by atoms with Crippen LogP contribution in [0.3, 0.4) is 0 Å². The molecule has 2 heterocycles. The summed E-state index contributed by atoms with van der Waals surface area (Å²) in [5, 5.41) is 13.1. The van der Waals surface area contributed by atoms with Crippen molar-refractivity contribution in [2.45, 2.75) is 32.7 Å². The van der Waals surface area contributed by atoms with Crippen LogP contribution in [0.2, 0.25) is 0 Å². The van der Waals surface area contributed by atoms with Crippen molar-refractivity contribution >= 4 is 28.7 Å². The zero-order valence-electron chi connectivity index (χ0n) is 14.9. The first-order valence-corrected chi connectivity index (χ1v) is 8.64. The Morgan fingerprint density at radius 3 is 2.73 bits per heavy atom. The van der Waals surface area contributed by atoms with Gasteiger partial charge in [0.05, 0.1) is 5.41 Å². The number of hydrogen-bond acceptors (Lipinski definition) is 3. The summed E-state index contributed by atoms with van der Waals surface area (Å²) < 4.78 is 0. The number of aromatic nitrogens is 1. The number of para-hydroxylation sites is 1. The molecular formula is C19H23N3O4. The number of carboxylic acids is 1. The van der Waals surface area contributed by atoms with Gasteiger partial charge in [-0.15, -0.1) is 0 Å². The lowest BCUT2D eigenvalue weighted by molar-refractivity contribution is -0.147. The molecule has 0 unspecified atom stereocenters. The number of carbonyl (C=O) groups excluding carboxylic acids is 2. The van der Waals surface area contributed by atoms with Crippen LogP contribution in [0.1, 0.15) is 25.8 Å². The molecule has 1 aliphatic heterocycles. The number of aliphatic carboxylic acids is 1. The maximum atomic E-state index is 13.0. The van der Waals surface area contributed by atoms with E-state index in [9.17, 15) is 19.5 Å². The van der Waals surface area contributed by atoms with E-state index in [1.807, 2.05) is 30.5 Å². The molecule has 0 aliphatic carbocycles. The number of carboxylic acid groups (broad SMARTS) is 1. The highest BCUT2D eigenvalue weighted by atomic mass is 16.4. The highest BCUT2D eigenvalue weighted by Gasteiger charge is 2.43. The fourth-order valence-electron chi connectivity index (χ4n) is 3.51. The first kappa shape index (κ1) is 18.0. The fraction of sp³-hybridized carbons (Fsp3) is 0.421. The minimum Gasteiger partial charge on any atom is -0.481 e. The van der Waals surface area contributed by atoms with Crippen LogP contribution in [-0.4, -0.2) is 51.9 Å². The maximum Gasteiger partial charge on any atom is 0.311 e. The number of likely N-dealkylation sites (tertiary alicyclic amines) is 1. The second-order valence-electron chi connectivity index (χ2n) is 7.19. The Morgan fingerprint density at radius 1 is 1.35 bits per heavy atom. The third-order valence-electron chi connectivity index (χ3n) is 5.08. The lowest BCUT2D eigenvalue weighted by atomic mass is 9.90. The van der Waals surface area contributed by atoms with Gasteiger partial charge >= 0.3 is 5.97 Å². The molecule has 1 fully saturated rings. The second kappa shape index (κ2) is 6.82. The van der Waals surface area contributed by atoms with Gasteiger partial charge in [-0.3, -0.25) is 14.4 Å². The topological polar surface area (TPSA) is 103 Å². The smallest absolute Gasteiger partial charge is 0.311 e. The average Bonchev–Trinajstić information content (AvgIpc) is 3.18. The van der Waals surface area contributed by atoms with E-state index in [0.717, 1.165) is 16.5 Å². The maximum absolute atomic E-state index is 13.0. The van der Waals surface area contributed by atoms with E-state index >= 15 is 0 Å². The van der Waals surface area contributed by atoms with Crippen molar-refractivity contribution in [2.75, 3.05) is 13.1 Å². The van der Waals surface area contributed by atoms with Crippen molar-refractivity contribution in [1.29, 1.82) is 0 Å². The summed E-state index contributed by atoms with van der Waals surface area (Å²) in [6.45, 7) is 3.56. The zero-order valence-corrected chi connectivity index (χ0v) is 14.9. The van der Waals surface area contributed by atoms with E-state index in [1.165, 1.54) is 6.92 Å². The molecule has 26 heavy (non-hydrogen) atoms. The van der Waals surface area contributed by atoms with Crippen LogP contribution in [0.25, 0.3) is 10.9 Å². The monoisotopic (exact) mass is 357 g/mol. The molecule has 1 aromatic carbocycles. The van der Waals surface area contributed by atoms with Crippen LogP contribution in [0, 0.1) is 5.41 Å². The molecule has 3 rings (SSSR count). The van der Waals surface area contributed by atoms with E-state index in [4.69, 9.17) is 0 Å². The number of rotatable bonds is 5.